The summed E-state index contributed by atoms with van der Waals surface area (Å²) in [5, 5.41) is 0. The Labute approximate surface area is 71.7 Å². The summed E-state index contributed by atoms with van der Waals surface area (Å²) in [6, 6.07) is 0. The molecule has 0 spiro atoms. The fourth-order valence-electron chi connectivity index (χ4n) is 0.634. The van der Waals surface area contributed by atoms with E-state index in [1.807, 2.05) is 0 Å². The maximum Gasteiger partial charge on any atom is 0.407 e. The van der Waals surface area contributed by atoms with Gasteiger partial charge < -0.3 is 0 Å². The van der Waals surface area contributed by atoms with Gasteiger partial charge in [0.1, 0.15) is 0 Å². The molecule has 1 nitrogen and oxygen atoms in total. The van der Waals surface area contributed by atoms with E-state index in [2.05, 4.69) is 0 Å². The average molecular weight is 230 g/mol. The van der Waals surface area contributed by atoms with E-state index in [1.165, 1.54) is 0 Å². The maximum atomic E-state index is 11.6. The van der Waals surface area contributed by atoms with E-state index in [4.69, 9.17) is 0 Å². The lowest BCUT2D eigenvalue weighted by Gasteiger charge is -2.20. The number of carbonyl (C=O) groups excluding carboxylic acids is 1. The van der Waals surface area contributed by atoms with Gasteiger partial charge in [0.15, 0.2) is 0 Å². The van der Waals surface area contributed by atoms with Gasteiger partial charge in [-0.1, -0.05) is 0 Å². The zero-order chi connectivity index (χ0) is 11.7. The maximum absolute atomic E-state index is 11.6. The molecule has 0 aromatic heterocycles. The molecule has 0 aromatic rings. The summed E-state index contributed by atoms with van der Waals surface area (Å²) in [5.41, 5.74) is 0. The number of halogens is 8. The summed E-state index contributed by atoms with van der Waals surface area (Å²) in [5.74, 6) is -7.81. The highest BCUT2D eigenvalue weighted by atomic mass is 19.4. The molecular weight excluding hydrogens is 228 g/mol. The molecule has 0 heterocycles. The van der Waals surface area contributed by atoms with Crippen LogP contribution in [0.2, 0.25) is 0 Å². The summed E-state index contributed by atoms with van der Waals surface area (Å²) in [6.07, 6.45) is -16.4. The molecule has 0 N–H and O–H groups in total. The molecule has 0 radical (unpaired) electrons. The highest BCUT2D eigenvalue weighted by Crippen LogP contribution is 2.40. The van der Waals surface area contributed by atoms with Crippen LogP contribution >= 0.6 is 0 Å². The molecule has 0 bridgehead atoms. The van der Waals surface area contributed by atoms with Crippen molar-refractivity contribution in [3.05, 3.63) is 0 Å². The lowest BCUT2D eigenvalue weighted by molar-refractivity contribution is -0.276. The lowest BCUT2D eigenvalue weighted by Crippen LogP contribution is -2.44. The topological polar surface area (TPSA) is 17.1 Å². The smallest absolute Gasteiger partial charge is 0.292 e. The van der Waals surface area contributed by atoms with Crippen molar-refractivity contribution in [3.63, 3.8) is 0 Å². The van der Waals surface area contributed by atoms with E-state index in [9.17, 15) is 39.9 Å². The Hall–Kier alpha value is -0.890. The molecule has 0 atom stereocenters. The fourth-order valence-corrected chi connectivity index (χ4v) is 0.634. The van der Waals surface area contributed by atoms with E-state index < -0.39 is 30.5 Å². The molecule has 0 aliphatic heterocycles. The number of carbonyl (C=O) groups is 1. The number of hydrogen-bond acceptors (Lipinski definition) is 1. The van der Waals surface area contributed by atoms with E-state index in [1.54, 1.807) is 0 Å². The summed E-state index contributed by atoms with van der Waals surface area (Å²) < 4.78 is 92.1. The van der Waals surface area contributed by atoms with Crippen LogP contribution in [0, 0.1) is 5.92 Å². The summed E-state index contributed by atoms with van der Waals surface area (Å²) >= 11 is 0. The van der Waals surface area contributed by atoms with Gasteiger partial charge in [-0.15, -0.1) is 0 Å². The van der Waals surface area contributed by atoms with Crippen LogP contribution in [0.25, 0.3) is 0 Å². The Morgan fingerprint density at radius 2 is 1.14 bits per heavy atom. The Kier molecular flexibility index (Phi) is 3.46. The first kappa shape index (κ1) is 13.1. The number of alkyl halides is 8. The van der Waals surface area contributed by atoms with Crippen molar-refractivity contribution in [1.29, 1.82) is 0 Å². The third-order valence-electron chi connectivity index (χ3n) is 1.15. The largest absolute Gasteiger partial charge is 0.407 e. The standard InChI is InChI=1S/C5H2F8O/c6-3(7)1(14)2(4(8,9)10)5(11,12)13/h2-3H. The van der Waals surface area contributed by atoms with Crippen molar-refractivity contribution >= 4 is 5.78 Å². The average Bonchev–Trinajstić information content (AvgIpc) is 1.79. The van der Waals surface area contributed by atoms with Gasteiger partial charge in [0, 0.05) is 0 Å². The molecule has 0 unspecified atom stereocenters. The molecule has 0 rings (SSSR count). The summed E-state index contributed by atoms with van der Waals surface area (Å²) in [6.45, 7) is 0. The second-order valence-electron chi connectivity index (χ2n) is 2.22. The SMILES string of the molecule is O=C(C(F)F)C(C(F)(F)F)C(F)(F)F. The van der Waals surface area contributed by atoms with Crippen molar-refractivity contribution in [2.75, 3.05) is 0 Å². The Balaban J connectivity index is 5.05. The molecule has 0 saturated carbocycles. The van der Waals surface area contributed by atoms with Gasteiger partial charge in [-0.3, -0.25) is 4.79 Å². The van der Waals surface area contributed by atoms with Crippen molar-refractivity contribution in [2.45, 2.75) is 18.8 Å². The normalized spacial score (nSPS) is 13.9. The zero-order valence-electron chi connectivity index (χ0n) is 6.09. The first-order valence-corrected chi connectivity index (χ1v) is 2.93. The number of Topliss-reactive ketones (excluding diaryl/α,β-unsaturated/α-hetero) is 1. The van der Waals surface area contributed by atoms with Crippen LogP contribution < -0.4 is 0 Å². The zero-order valence-corrected chi connectivity index (χ0v) is 6.09. The van der Waals surface area contributed by atoms with Crippen molar-refractivity contribution < 1.29 is 39.9 Å². The van der Waals surface area contributed by atoms with Crippen LogP contribution in [0.3, 0.4) is 0 Å². The number of ketones is 1. The van der Waals surface area contributed by atoms with Crippen LogP contribution in [0.15, 0.2) is 0 Å². The molecular formula is C5H2F8O. The molecule has 14 heavy (non-hydrogen) atoms. The van der Waals surface area contributed by atoms with Gasteiger partial charge in [0.05, 0.1) is 0 Å². The predicted octanol–water partition coefficient (Wildman–Crippen LogP) is 2.56. The van der Waals surface area contributed by atoms with Gasteiger partial charge in [-0.25, -0.2) is 8.78 Å². The van der Waals surface area contributed by atoms with Crippen LogP contribution in [-0.4, -0.2) is 24.6 Å². The highest BCUT2D eigenvalue weighted by molar-refractivity contribution is 5.85. The fraction of sp³-hybridized carbons (Fsp3) is 0.800. The van der Waals surface area contributed by atoms with Gasteiger partial charge in [0.25, 0.3) is 6.43 Å². The van der Waals surface area contributed by atoms with Gasteiger partial charge >= 0.3 is 12.4 Å². The Bertz CT molecular complexity index is 199. The first-order valence-electron chi connectivity index (χ1n) is 2.93. The molecule has 84 valence electrons. The van der Waals surface area contributed by atoms with E-state index in [0.29, 0.717) is 0 Å². The molecule has 0 aliphatic carbocycles. The molecule has 0 fully saturated rings. The van der Waals surface area contributed by atoms with Crippen LogP contribution in [-0.2, 0) is 4.79 Å². The third-order valence-corrected chi connectivity index (χ3v) is 1.15. The highest BCUT2D eigenvalue weighted by Gasteiger charge is 2.62. The number of rotatable bonds is 2. The Morgan fingerprint density at radius 1 is 0.857 bits per heavy atom. The van der Waals surface area contributed by atoms with Gasteiger partial charge in [-0.05, 0) is 0 Å². The third kappa shape index (κ3) is 3.11. The van der Waals surface area contributed by atoms with Crippen LogP contribution in [0.5, 0.6) is 0 Å². The van der Waals surface area contributed by atoms with Gasteiger partial charge in [-0.2, -0.15) is 26.3 Å². The van der Waals surface area contributed by atoms with Crippen molar-refractivity contribution in [3.8, 4) is 0 Å². The predicted molar refractivity (Wildman–Crippen MR) is 26.6 cm³/mol. The lowest BCUT2D eigenvalue weighted by atomic mass is 10.0. The molecule has 0 aliphatic rings. The Morgan fingerprint density at radius 3 is 1.21 bits per heavy atom. The van der Waals surface area contributed by atoms with Crippen molar-refractivity contribution in [2.24, 2.45) is 5.92 Å². The monoisotopic (exact) mass is 230 g/mol. The minimum Gasteiger partial charge on any atom is -0.292 e. The molecule has 0 amide bonds. The summed E-state index contributed by atoms with van der Waals surface area (Å²) in [7, 11) is 0. The second-order valence-corrected chi connectivity index (χ2v) is 2.22. The quantitative estimate of drug-likeness (QED) is 0.666. The van der Waals surface area contributed by atoms with E-state index in [0.717, 1.165) is 0 Å². The van der Waals surface area contributed by atoms with E-state index >= 15 is 0 Å². The first-order chi connectivity index (χ1) is 5.98. The molecule has 0 saturated heterocycles. The van der Waals surface area contributed by atoms with E-state index in [-0.39, 0.29) is 0 Å². The van der Waals surface area contributed by atoms with Gasteiger partial charge in [0.2, 0.25) is 11.7 Å². The van der Waals surface area contributed by atoms with Crippen LogP contribution in [0.4, 0.5) is 35.1 Å². The summed E-state index contributed by atoms with van der Waals surface area (Å²) in [4.78, 5) is 9.95. The minimum atomic E-state index is -6.05. The van der Waals surface area contributed by atoms with Crippen LogP contribution in [0.1, 0.15) is 0 Å². The molecule has 9 heteroatoms. The second kappa shape index (κ2) is 3.70. The number of hydrogen-bond donors (Lipinski definition) is 0. The van der Waals surface area contributed by atoms with Crippen molar-refractivity contribution in [1.82, 2.24) is 0 Å². The minimum absolute atomic E-state index is 3.19. The molecule has 0 aromatic carbocycles.